The highest BCUT2D eigenvalue weighted by atomic mass is 19.3. The number of amides is 1. The molecule has 3 heterocycles. The van der Waals surface area contributed by atoms with E-state index in [1.165, 1.54) is 6.07 Å². The van der Waals surface area contributed by atoms with Crippen molar-refractivity contribution in [2.24, 2.45) is 0 Å². The maximum Gasteiger partial charge on any atom is 0.255 e. The van der Waals surface area contributed by atoms with E-state index in [0.717, 1.165) is 53.7 Å². The maximum atomic E-state index is 14.2. The predicted molar refractivity (Wildman–Crippen MR) is 118 cm³/mol. The fraction of sp³-hybridized carbons (Fsp3) is 0.417. The van der Waals surface area contributed by atoms with Gasteiger partial charge in [0.05, 0.1) is 23.8 Å². The number of nitrogens with one attached hydrogen (secondary N) is 1. The zero-order valence-electron chi connectivity index (χ0n) is 18.2. The number of aromatic nitrogens is 2. The SMILES string of the molecule is CC(C)N(CC(F)F)C(=O)c1cc(F)ccc1-c1cc(C2CCNCC2)n2ccncc12. The molecule has 0 bridgehead atoms. The topological polar surface area (TPSA) is 49.6 Å². The van der Waals surface area contributed by atoms with E-state index in [1.54, 1.807) is 32.3 Å². The van der Waals surface area contributed by atoms with E-state index in [9.17, 15) is 18.0 Å². The lowest BCUT2D eigenvalue weighted by molar-refractivity contribution is 0.0476. The van der Waals surface area contributed by atoms with Crippen molar-refractivity contribution in [3.05, 3.63) is 59.9 Å². The number of piperidine rings is 1. The Morgan fingerprint density at radius 1 is 1.22 bits per heavy atom. The van der Waals surface area contributed by atoms with Gasteiger partial charge in [0.2, 0.25) is 0 Å². The first-order valence-electron chi connectivity index (χ1n) is 10.9. The number of fused-ring (bicyclic) bond motifs is 1. The summed E-state index contributed by atoms with van der Waals surface area (Å²) in [4.78, 5) is 18.6. The number of carbonyl (C=O) groups excluding carboxylic acids is 1. The molecule has 1 fully saturated rings. The van der Waals surface area contributed by atoms with Crippen LogP contribution in [-0.2, 0) is 0 Å². The monoisotopic (exact) mass is 444 g/mol. The third-order valence-corrected chi connectivity index (χ3v) is 6.08. The minimum absolute atomic E-state index is 0.0764. The van der Waals surface area contributed by atoms with E-state index in [2.05, 4.69) is 14.7 Å². The molecule has 2 aromatic heterocycles. The third kappa shape index (κ3) is 4.37. The summed E-state index contributed by atoms with van der Waals surface area (Å²) in [6.45, 7) is 4.49. The number of carbonyl (C=O) groups is 1. The van der Waals surface area contributed by atoms with Crippen molar-refractivity contribution in [2.45, 2.75) is 45.1 Å². The number of hydrogen-bond acceptors (Lipinski definition) is 3. The van der Waals surface area contributed by atoms with Crippen LogP contribution in [0.5, 0.6) is 0 Å². The van der Waals surface area contributed by atoms with Gasteiger partial charge in [0.15, 0.2) is 0 Å². The van der Waals surface area contributed by atoms with Gasteiger partial charge < -0.3 is 14.6 Å². The first-order valence-corrected chi connectivity index (χ1v) is 10.9. The molecule has 32 heavy (non-hydrogen) atoms. The van der Waals surface area contributed by atoms with Crippen LogP contribution in [0.3, 0.4) is 0 Å². The van der Waals surface area contributed by atoms with Crippen molar-refractivity contribution in [3.63, 3.8) is 0 Å². The van der Waals surface area contributed by atoms with Crippen molar-refractivity contribution in [1.82, 2.24) is 19.6 Å². The minimum atomic E-state index is -2.68. The van der Waals surface area contributed by atoms with Crippen molar-refractivity contribution >= 4 is 11.4 Å². The molecule has 3 aromatic rings. The van der Waals surface area contributed by atoms with Gasteiger partial charge in [-0.15, -0.1) is 0 Å². The van der Waals surface area contributed by atoms with E-state index in [1.807, 2.05) is 12.3 Å². The Bertz CT molecular complexity index is 1110. The lowest BCUT2D eigenvalue weighted by Gasteiger charge is -2.27. The fourth-order valence-corrected chi connectivity index (χ4v) is 4.49. The average Bonchev–Trinajstić information content (AvgIpc) is 3.17. The minimum Gasteiger partial charge on any atom is -0.330 e. The second-order valence-corrected chi connectivity index (χ2v) is 8.47. The summed E-state index contributed by atoms with van der Waals surface area (Å²) in [5, 5.41) is 3.37. The molecule has 1 N–H and O–H groups in total. The first kappa shape index (κ1) is 22.3. The van der Waals surface area contributed by atoms with E-state index in [4.69, 9.17) is 0 Å². The summed E-state index contributed by atoms with van der Waals surface area (Å²) in [6, 6.07) is 5.57. The van der Waals surface area contributed by atoms with Crippen LogP contribution in [-0.4, -0.2) is 52.3 Å². The summed E-state index contributed by atoms with van der Waals surface area (Å²) in [6.07, 6.45) is 4.61. The van der Waals surface area contributed by atoms with E-state index in [-0.39, 0.29) is 5.56 Å². The van der Waals surface area contributed by atoms with Gasteiger partial charge >= 0.3 is 0 Å². The molecule has 170 valence electrons. The third-order valence-electron chi connectivity index (χ3n) is 6.08. The smallest absolute Gasteiger partial charge is 0.255 e. The normalized spacial score (nSPS) is 15.1. The highest BCUT2D eigenvalue weighted by Crippen LogP contribution is 2.36. The number of benzene rings is 1. The van der Waals surface area contributed by atoms with Crippen molar-refractivity contribution in [3.8, 4) is 11.1 Å². The molecular weight excluding hydrogens is 417 g/mol. The van der Waals surface area contributed by atoms with Crippen LogP contribution in [0.2, 0.25) is 0 Å². The zero-order chi connectivity index (χ0) is 22.8. The van der Waals surface area contributed by atoms with Gasteiger partial charge in [-0.3, -0.25) is 9.78 Å². The molecule has 0 aliphatic carbocycles. The summed E-state index contributed by atoms with van der Waals surface area (Å²) in [5.74, 6) is -0.856. The lowest BCUT2D eigenvalue weighted by Crippen LogP contribution is -2.40. The second-order valence-electron chi connectivity index (χ2n) is 8.47. The molecule has 1 aliphatic heterocycles. The van der Waals surface area contributed by atoms with Gasteiger partial charge in [0, 0.05) is 35.6 Å². The molecule has 1 aromatic carbocycles. The van der Waals surface area contributed by atoms with Crippen LogP contribution in [0.15, 0.2) is 42.9 Å². The first-order chi connectivity index (χ1) is 15.4. The Hall–Kier alpha value is -2.87. The Morgan fingerprint density at radius 3 is 2.66 bits per heavy atom. The van der Waals surface area contributed by atoms with Gasteiger partial charge in [-0.25, -0.2) is 13.2 Å². The van der Waals surface area contributed by atoms with Gasteiger partial charge in [0.25, 0.3) is 12.3 Å². The van der Waals surface area contributed by atoms with Crippen molar-refractivity contribution in [2.75, 3.05) is 19.6 Å². The standard InChI is InChI=1S/C24H27F3N4O/c1-15(2)31(14-23(26)27)24(32)20-11-17(25)3-4-18(20)19-12-21(16-5-7-28-8-6-16)30-10-9-29-13-22(19)30/h3-4,9-13,15-16,23,28H,5-8,14H2,1-2H3. The number of nitrogens with zero attached hydrogens (tertiary/aromatic N) is 3. The molecule has 5 nitrogen and oxygen atoms in total. The molecule has 8 heteroatoms. The molecule has 1 aliphatic rings. The zero-order valence-corrected chi connectivity index (χ0v) is 18.2. The molecule has 0 saturated carbocycles. The van der Waals surface area contributed by atoms with E-state index < -0.39 is 30.7 Å². The summed E-state index contributed by atoms with van der Waals surface area (Å²) >= 11 is 0. The van der Waals surface area contributed by atoms with Crippen molar-refractivity contribution < 1.29 is 18.0 Å². The van der Waals surface area contributed by atoms with Crippen LogP contribution in [0.4, 0.5) is 13.2 Å². The van der Waals surface area contributed by atoms with Crippen LogP contribution in [0.1, 0.15) is 48.7 Å². The number of hydrogen-bond donors (Lipinski definition) is 1. The molecule has 1 amide bonds. The van der Waals surface area contributed by atoms with Crippen LogP contribution in [0.25, 0.3) is 16.6 Å². The van der Waals surface area contributed by atoms with Crippen LogP contribution < -0.4 is 5.32 Å². The van der Waals surface area contributed by atoms with Gasteiger partial charge in [0.1, 0.15) is 5.82 Å². The van der Waals surface area contributed by atoms with Crippen LogP contribution in [0, 0.1) is 5.82 Å². The number of halogens is 3. The highest BCUT2D eigenvalue weighted by molar-refractivity contribution is 6.03. The average molecular weight is 445 g/mol. The summed E-state index contributed by atoms with van der Waals surface area (Å²) in [7, 11) is 0. The molecule has 1 saturated heterocycles. The van der Waals surface area contributed by atoms with Gasteiger partial charge in [-0.1, -0.05) is 6.07 Å². The Balaban J connectivity index is 1.85. The summed E-state index contributed by atoms with van der Waals surface area (Å²) in [5.41, 5.74) is 3.24. The quantitative estimate of drug-likeness (QED) is 0.598. The molecule has 0 unspecified atom stereocenters. The number of rotatable bonds is 6. The van der Waals surface area contributed by atoms with Gasteiger partial charge in [-0.2, -0.15) is 0 Å². The van der Waals surface area contributed by atoms with Crippen LogP contribution >= 0.6 is 0 Å². The molecule has 0 radical (unpaired) electrons. The molecular formula is C24H27F3N4O. The Morgan fingerprint density at radius 2 is 1.97 bits per heavy atom. The summed E-state index contributed by atoms with van der Waals surface area (Å²) < 4.78 is 42.6. The van der Waals surface area contributed by atoms with Crippen molar-refractivity contribution in [1.29, 1.82) is 0 Å². The maximum absolute atomic E-state index is 14.2. The number of alkyl halides is 2. The second kappa shape index (κ2) is 9.32. The largest absolute Gasteiger partial charge is 0.330 e. The molecule has 4 rings (SSSR count). The Labute approximate surface area is 185 Å². The molecule has 0 atom stereocenters. The van der Waals surface area contributed by atoms with E-state index in [0.29, 0.717) is 11.5 Å². The highest BCUT2D eigenvalue weighted by Gasteiger charge is 2.27. The predicted octanol–water partition coefficient (Wildman–Crippen LogP) is 4.72. The fourth-order valence-electron chi connectivity index (χ4n) is 4.49. The van der Waals surface area contributed by atoms with E-state index >= 15 is 0 Å². The lowest BCUT2D eigenvalue weighted by atomic mass is 9.93. The molecule has 0 spiro atoms. The van der Waals surface area contributed by atoms with Gasteiger partial charge in [-0.05, 0) is 63.5 Å². The Kier molecular flexibility index (Phi) is 6.50.